The molecule has 0 spiro atoms. The van der Waals surface area contributed by atoms with Crippen LogP contribution in [0, 0.1) is 5.82 Å². The van der Waals surface area contributed by atoms with Gasteiger partial charge in [-0.25, -0.2) is 12.8 Å². The minimum absolute atomic E-state index is 0.0191. The van der Waals surface area contributed by atoms with Crippen LogP contribution in [-0.2, 0) is 34.6 Å². The van der Waals surface area contributed by atoms with E-state index in [1.165, 1.54) is 30.3 Å². The summed E-state index contributed by atoms with van der Waals surface area (Å²) in [4.78, 5) is 1.94. The number of aliphatic hydroxyl groups is 1. The molecular weight excluding hydrogens is 570 g/mol. The van der Waals surface area contributed by atoms with Gasteiger partial charge in [0.2, 0.25) is 0 Å². The molecule has 3 aromatic rings. The molecule has 0 amide bonds. The normalized spacial score (nSPS) is 12.7. The SMILES string of the molecule is CC(C)(CN(CCCOc1ccc(CO)c(S(C)(=O)=O)c1)Cc1cccc(C(F)(F)F)c1Cl)c1ccc(F)cc1. The smallest absolute Gasteiger partial charge is 0.417 e. The van der Waals surface area contributed by atoms with E-state index in [1.807, 2.05) is 18.7 Å². The number of sulfone groups is 1. The van der Waals surface area contributed by atoms with E-state index in [1.54, 1.807) is 24.3 Å². The Bertz CT molecular complexity index is 1410. The number of benzene rings is 3. The molecule has 0 fully saturated rings. The molecule has 0 unspecified atom stereocenters. The van der Waals surface area contributed by atoms with E-state index in [-0.39, 0.29) is 34.5 Å². The molecule has 3 rings (SSSR count). The molecule has 0 heterocycles. The van der Waals surface area contributed by atoms with Crippen molar-refractivity contribution in [2.75, 3.05) is 26.0 Å². The van der Waals surface area contributed by atoms with Gasteiger partial charge in [0.05, 0.1) is 28.7 Å². The van der Waals surface area contributed by atoms with E-state index in [0.717, 1.165) is 17.9 Å². The van der Waals surface area contributed by atoms with Gasteiger partial charge in [0.1, 0.15) is 11.6 Å². The van der Waals surface area contributed by atoms with Crippen molar-refractivity contribution in [2.24, 2.45) is 0 Å². The highest BCUT2D eigenvalue weighted by Gasteiger charge is 2.34. The third-order valence-electron chi connectivity index (χ3n) is 6.52. The first-order valence-electron chi connectivity index (χ1n) is 12.5. The third-order valence-corrected chi connectivity index (χ3v) is 8.14. The van der Waals surface area contributed by atoms with Gasteiger partial charge in [0, 0.05) is 31.3 Å². The predicted octanol–water partition coefficient (Wildman–Crippen LogP) is 6.64. The molecule has 11 heteroatoms. The fraction of sp³-hybridized carbons (Fsp3) is 0.379. The summed E-state index contributed by atoms with van der Waals surface area (Å²) in [7, 11) is -3.58. The Morgan fingerprint density at radius 1 is 1.00 bits per heavy atom. The summed E-state index contributed by atoms with van der Waals surface area (Å²) < 4.78 is 83.8. The maximum Gasteiger partial charge on any atom is 0.417 e. The molecule has 3 aromatic carbocycles. The topological polar surface area (TPSA) is 66.8 Å². The van der Waals surface area contributed by atoms with Crippen LogP contribution in [0.4, 0.5) is 17.6 Å². The number of ether oxygens (including phenoxy) is 1. The van der Waals surface area contributed by atoms with Crippen molar-refractivity contribution in [3.63, 3.8) is 0 Å². The minimum atomic E-state index is -4.59. The van der Waals surface area contributed by atoms with Gasteiger partial charge in [-0.05, 0) is 53.4 Å². The molecule has 0 bridgehead atoms. The Morgan fingerprint density at radius 2 is 1.68 bits per heavy atom. The van der Waals surface area contributed by atoms with Crippen molar-refractivity contribution in [3.05, 3.63) is 93.8 Å². The number of aliphatic hydroxyl groups excluding tert-OH is 1. The van der Waals surface area contributed by atoms with Gasteiger partial charge in [0.15, 0.2) is 9.84 Å². The number of hydrogen-bond acceptors (Lipinski definition) is 5. The molecule has 218 valence electrons. The number of rotatable bonds is 12. The lowest BCUT2D eigenvalue weighted by molar-refractivity contribution is -0.137. The monoisotopic (exact) mass is 601 g/mol. The molecule has 0 aliphatic rings. The highest BCUT2D eigenvalue weighted by atomic mass is 35.5. The second-order valence-corrected chi connectivity index (χ2v) is 12.6. The molecule has 1 N–H and O–H groups in total. The number of hydrogen-bond donors (Lipinski definition) is 1. The number of alkyl halides is 3. The first-order valence-corrected chi connectivity index (χ1v) is 14.8. The van der Waals surface area contributed by atoms with Crippen LogP contribution in [0.3, 0.4) is 0 Å². The van der Waals surface area contributed by atoms with E-state index in [0.29, 0.717) is 30.8 Å². The molecular formula is C29H32ClF4NO4S. The summed E-state index contributed by atoms with van der Waals surface area (Å²) in [5.74, 6) is -0.0490. The maximum atomic E-state index is 13.5. The van der Waals surface area contributed by atoms with Gasteiger partial charge in [-0.15, -0.1) is 0 Å². The molecule has 0 saturated heterocycles. The predicted molar refractivity (Wildman–Crippen MR) is 147 cm³/mol. The van der Waals surface area contributed by atoms with Crippen molar-refractivity contribution < 1.29 is 35.8 Å². The summed E-state index contributed by atoms with van der Waals surface area (Å²) in [6, 6.07) is 14.3. The maximum absolute atomic E-state index is 13.5. The zero-order valence-corrected chi connectivity index (χ0v) is 24.0. The summed E-state index contributed by atoms with van der Waals surface area (Å²) >= 11 is 6.18. The van der Waals surface area contributed by atoms with Gasteiger partial charge in [-0.1, -0.05) is 55.8 Å². The van der Waals surface area contributed by atoms with Gasteiger partial charge in [-0.2, -0.15) is 13.2 Å². The van der Waals surface area contributed by atoms with Crippen LogP contribution in [0.25, 0.3) is 0 Å². The van der Waals surface area contributed by atoms with E-state index >= 15 is 0 Å². The lowest BCUT2D eigenvalue weighted by Crippen LogP contribution is -2.38. The average Bonchev–Trinajstić information content (AvgIpc) is 2.86. The Balaban J connectivity index is 1.78. The largest absolute Gasteiger partial charge is 0.494 e. The molecule has 0 aliphatic carbocycles. The van der Waals surface area contributed by atoms with Crippen LogP contribution >= 0.6 is 11.6 Å². The number of nitrogens with zero attached hydrogens (tertiary/aromatic N) is 1. The first-order chi connectivity index (χ1) is 18.6. The second-order valence-electron chi connectivity index (χ2n) is 10.3. The minimum Gasteiger partial charge on any atom is -0.494 e. The molecule has 40 heavy (non-hydrogen) atoms. The van der Waals surface area contributed by atoms with Crippen molar-refractivity contribution in [1.29, 1.82) is 0 Å². The highest BCUT2D eigenvalue weighted by molar-refractivity contribution is 7.90. The van der Waals surface area contributed by atoms with Crippen LogP contribution in [0.15, 0.2) is 65.6 Å². The fourth-order valence-corrected chi connectivity index (χ4v) is 5.74. The van der Waals surface area contributed by atoms with Crippen molar-refractivity contribution in [1.82, 2.24) is 4.90 Å². The van der Waals surface area contributed by atoms with Gasteiger partial charge in [-0.3, -0.25) is 4.90 Å². The summed E-state index contributed by atoms with van der Waals surface area (Å²) in [5.41, 5.74) is 0.0720. The van der Waals surface area contributed by atoms with E-state index in [9.17, 15) is 31.1 Å². The highest BCUT2D eigenvalue weighted by Crippen LogP contribution is 2.37. The van der Waals surface area contributed by atoms with Crippen LogP contribution in [0.2, 0.25) is 5.02 Å². The third kappa shape index (κ3) is 8.42. The summed E-state index contributed by atoms with van der Waals surface area (Å²) in [6.07, 6.45) is -3.08. The summed E-state index contributed by atoms with van der Waals surface area (Å²) in [5, 5.41) is 9.08. The van der Waals surface area contributed by atoms with Gasteiger partial charge >= 0.3 is 6.18 Å². The average molecular weight is 602 g/mol. The second kappa shape index (κ2) is 12.9. The quantitative estimate of drug-likeness (QED) is 0.186. The molecule has 0 aromatic heterocycles. The van der Waals surface area contributed by atoms with E-state index in [2.05, 4.69) is 0 Å². The molecule has 5 nitrogen and oxygen atoms in total. The van der Waals surface area contributed by atoms with E-state index < -0.39 is 33.6 Å². The molecule has 0 aliphatic heterocycles. The van der Waals surface area contributed by atoms with Crippen LogP contribution in [-0.4, -0.2) is 44.4 Å². The van der Waals surface area contributed by atoms with Crippen LogP contribution in [0.5, 0.6) is 5.75 Å². The van der Waals surface area contributed by atoms with Crippen LogP contribution < -0.4 is 4.74 Å². The molecule has 0 saturated carbocycles. The Kier molecular flexibility index (Phi) is 10.3. The first kappa shape index (κ1) is 31.9. The van der Waals surface area contributed by atoms with E-state index in [4.69, 9.17) is 16.3 Å². The van der Waals surface area contributed by atoms with Crippen LogP contribution in [0.1, 0.15) is 42.5 Å². The molecule has 0 radical (unpaired) electrons. The number of halogens is 5. The van der Waals surface area contributed by atoms with Crippen molar-refractivity contribution in [2.45, 2.75) is 49.9 Å². The standard InChI is InChI=1S/C29H32ClF4NO4S/c1-28(2,22-9-11-23(31)12-10-22)19-35(17-20-6-4-7-25(27(20)30)29(32,33)34)14-5-15-39-24-13-8-21(18-36)26(16-24)40(3,37)38/h4,6-13,16,36H,5,14-15,17-19H2,1-3H3. The zero-order chi connectivity index (χ0) is 29.7. The lowest BCUT2D eigenvalue weighted by Gasteiger charge is -2.34. The zero-order valence-electron chi connectivity index (χ0n) is 22.4. The molecule has 0 atom stereocenters. The Morgan fingerprint density at radius 3 is 2.27 bits per heavy atom. The van der Waals surface area contributed by atoms with Gasteiger partial charge in [0.25, 0.3) is 0 Å². The lowest BCUT2D eigenvalue weighted by atomic mass is 9.84. The Labute approximate surface area is 237 Å². The van der Waals surface area contributed by atoms with Crippen molar-refractivity contribution in [3.8, 4) is 5.75 Å². The summed E-state index contributed by atoms with van der Waals surface area (Å²) in [6.45, 7) is 4.68. The fourth-order valence-electron chi connectivity index (χ4n) is 4.51. The Hall–Kier alpha value is -2.66. The van der Waals surface area contributed by atoms with Crippen molar-refractivity contribution >= 4 is 21.4 Å². The van der Waals surface area contributed by atoms with Gasteiger partial charge < -0.3 is 9.84 Å².